The number of carboxylic acids is 1. The fourth-order valence-corrected chi connectivity index (χ4v) is 2.28. The highest BCUT2D eigenvalue weighted by molar-refractivity contribution is 7.93. The van der Waals surface area contributed by atoms with E-state index in [2.05, 4.69) is 10.0 Å². The van der Waals surface area contributed by atoms with Gasteiger partial charge in [0.25, 0.3) is 0 Å². The van der Waals surface area contributed by atoms with E-state index in [-0.39, 0.29) is 0 Å². The van der Waals surface area contributed by atoms with Crippen molar-refractivity contribution in [2.45, 2.75) is 13.5 Å². The monoisotopic (exact) mass is 272 g/mol. The predicted molar refractivity (Wildman–Crippen MR) is 68.9 cm³/mol. The molecule has 3 N–H and O–H groups in total. The molecule has 0 atom stereocenters. The molecule has 0 heterocycles. The van der Waals surface area contributed by atoms with Crippen LogP contribution in [-0.2, 0) is 21.4 Å². The van der Waals surface area contributed by atoms with E-state index in [1.165, 1.54) is 0 Å². The van der Waals surface area contributed by atoms with Crippen molar-refractivity contribution in [1.82, 2.24) is 5.32 Å². The van der Waals surface area contributed by atoms with Crippen molar-refractivity contribution in [1.29, 1.82) is 0 Å². The number of anilines is 1. The number of nitrogens with one attached hydrogen (secondary N) is 2. The van der Waals surface area contributed by atoms with Crippen molar-refractivity contribution < 1.29 is 18.3 Å². The second kappa shape index (κ2) is 6.36. The van der Waals surface area contributed by atoms with E-state index in [0.29, 0.717) is 12.2 Å². The highest BCUT2D eigenvalue weighted by atomic mass is 32.2. The lowest BCUT2D eigenvalue weighted by atomic mass is 10.2. The molecule has 0 aliphatic heterocycles. The first-order valence-electron chi connectivity index (χ1n) is 5.45. The van der Waals surface area contributed by atoms with Gasteiger partial charge in [-0.15, -0.1) is 0 Å². The Morgan fingerprint density at radius 2 is 2.11 bits per heavy atom. The van der Waals surface area contributed by atoms with Gasteiger partial charge in [-0.3, -0.25) is 9.52 Å². The van der Waals surface area contributed by atoms with Crippen molar-refractivity contribution in [2.24, 2.45) is 0 Å². The minimum absolute atomic E-state index is 0.367. The molecule has 0 aromatic heterocycles. The second-order valence-electron chi connectivity index (χ2n) is 3.74. The Kier molecular flexibility index (Phi) is 5.11. The molecule has 18 heavy (non-hydrogen) atoms. The number of hydrogen-bond acceptors (Lipinski definition) is 4. The van der Waals surface area contributed by atoms with Gasteiger partial charge in [0.15, 0.2) is 5.75 Å². The largest absolute Gasteiger partial charge is 0.480 e. The van der Waals surface area contributed by atoms with Gasteiger partial charge in [-0.25, -0.2) is 8.42 Å². The molecular formula is C11H16N2O4S. The Hall–Kier alpha value is -1.60. The van der Waals surface area contributed by atoms with Crippen molar-refractivity contribution >= 4 is 21.7 Å². The van der Waals surface area contributed by atoms with Crippen LogP contribution in [0.4, 0.5) is 5.69 Å². The van der Waals surface area contributed by atoms with E-state index in [1.54, 1.807) is 18.2 Å². The lowest BCUT2D eigenvalue weighted by molar-refractivity contribution is -0.134. The zero-order chi connectivity index (χ0) is 13.6. The molecule has 1 aromatic rings. The van der Waals surface area contributed by atoms with Crippen LogP contribution in [0.2, 0.25) is 0 Å². The lowest BCUT2D eigenvalue weighted by Gasteiger charge is -2.08. The second-order valence-corrected chi connectivity index (χ2v) is 5.46. The fourth-order valence-electron chi connectivity index (χ4n) is 1.39. The number of benzene rings is 1. The van der Waals surface area contributed by atoms with Crippen molar-refractivity contribution in [3.63, 3.8) is 0 Å². The first-order valence-corrected chi connectivity index (χ1v) is 7.10. The first-order chi connectivity index (χ1) is 8.43. The normalized spacial score (nSPS) is 11.2. The van der Waals surface area contributed by atoms with Gasteiger partial charge in [-0.2, -0.15) is 0 Å². The van der Waals surface area contributed by atoms with Gasteiger partial charge in [-0.05, 0) is 24.2 Å². The van der Waals surface area contributed by atoms with Crippen LogP contribution < -0.4 is 10.0 Å². The maximum atomic E-state index is 11.4. The Labute approximate surface area is 106 Å². The molecule has 0 bridgehead atoms. The summed E-state index contributed by atoms with van der Waals surface area (Å²) in [7, 11) is -3.84. The van der Waals surface area contributed by atoms with Crippen LogP contribution in [0, 0.1) is 0 Å². The Bertz CT molecular complexity index is 514. The Morgan fingerprint density at radius 3 is 2.72 bits per heavy atom. The average molecular weight is 272 g/mol. The molecule has 1 rings (SSSR count). The molecule has 100 valence electrons. The average Bonchev–Trinajstić information content (AvgIpc) is 2.24. The third kappa shape index (κ3) is 5.15. The van der Waals surface area contributed by atoms with E-state index in [0.717, 1.165) is 12.1 Å². The summed E-state index contributed by atoms with van der Waals surface area (Å²) >= 11 is 0. The summed E-state index contributed by atoms with van der Waals surface area (Å²) in [6.07, 6.45) is 0. The summed E-state index contributed by atoms with van der Waals surface area (Å²) in [6, 6.07) is 6.82. The summed E-state index contributed by atoms with van der Waals surface area (Å²) in [4.78, 5) is 10.4. The molecule has 0 saturated carbocycles. The van der Waals surface area contributed by atoms with Crippen molar-refractivity contribution in [3.05, 3.63) is 29.8 Å². The molecule has 6 nitrogen and oxygen atoms in total. The number of sulfonamides is 1. The molecule has 1 aromatic carbocycles. The molecule has 7 heteroatoms. The topological polar surface area (TPSA) is 95.5 Å². The maximum absolute atomic E-state index is 11.4. The summed E-state index contributed by atoms with van der Waals surface area (Å²) in [5.74, 6) is -2.32. The summed E-state index contributed by atoms with van der Waals surface area (Å²) in [6.45, 7) is 3.42. The van der Waals surface area contributed by atoms with Crippen molar-refractivity contribution in [3.8, 4) is 0 Å². The molecule has 0 unspecified atom stereocenters. The SMILES string of the molecule is CCNCc1cccc(NS(=O)(=O)CC(=O)O)c1. The highest BCUT2D eigenvalue weighted by Gasteiger charge is 2.15. The number of rotatable bonds is 7. The number of carbonyl (C=O) groups is 1. The van der Waals surface area contributed by atoms with Gasteiger partial charge in [0.05, 0.1) is 0 Å². The molecule has 0 amide bonds. The smallest absolute Gasteiger partial charge is 0.320 e. The zero-order valence-corrected chi connectivity index (χ0v) is 10.8. The van der Waals surface area contributed by atoms with Crippen LogP contribution >= 0.6 is 0 Å². The maximum Gasteiger partial charge on any atom is 0.320 e. The number of aliphatic carboxylic acids is 1. The Morgan fingerprint density at radius 1 is 1.39 bits per heavy atom. The van der Waals surface area contributed by atoms with Gasteiger partial charge >= 0.3 is 5.97 Å². The van der Waals surface area contributed by atoms with Gasteiger partial charge < -0.3 is 10.4 Å². The van der Waals surface area contributed by atoms with Crippen LogP contribution in [0.1, 0.15) is 12.5 Å². The number of hydrogen-bond donors (Lipinski definition) is 3. The third-order valence-corrected chi connectivity index (χ3v) is 3.27. The molecule has 0 saturated heterocycles. The summed E-state index contributed by atoms with van der Waals surface area (Å²) in [5.41, 5.74) is 1.29. The molecule has 0 aliphatic carbocycles. The molecule has 0 radical (unpaired) electrons. The summed E-state index contributed by atoms with van der Waals surface area (Å²) in [5, 5.41) is 11.6. The van der Waals surface area contributed by atoms with E-state index >= 15 is 0 Å². The fraction of sp³-hybridized carbons (Fsp3) is 0.364. The standard InChI is InChI=1S/C11H16N2O4S/c1-2-12-7-9-4-3-5-10(6-9)13-18(16,17)8-11(14)15/h3-6,12-13H,2,7-8H2,1H3,(H,14,15). The van der Waals surface area contributed by atoms with Gasteiger partial charge in [0.2, 0.25) is 10.0 Å². The van der Waals surface area contributed by atoms with Crippen LogP contribution in [0.5, 0.6) is 0 Å². The molecule has 0 spiro atoms. The van der Waals surface area contributed by atoms with E-state index < -0.39 is 21.7 Å². The first kappa shape index (κ1) is 14.5. The minimum atomic E-state index is -3.84. The Balaban J connectivity index is 2.75. The van der Waals surface area contributed by atoms with Crippen molar-refractivity contribution in [2.75, 3.05) is 17.0 Å². The highest BCUT2D eigenvalue weighted by Crippen LogP contribution is 2.12. The quantitative estimate of drug-likeness (QED) is 0.676. The molecule has 0 aliphatic rings. The van der Waals surface area contributed by atoms with E-state index in [9.17, 15) is 13.2 Å². The van der Waals surface area contributed by atoms with Crippen LogP contribution in [-0.4, -0.2) is 31.8 Å². The van der Waals surface area contributed by atoms with Gasteiger partial charge in [-0.1, -0.05) is 19.1 Å². The number of carboxylic acid groups (broad SMARTS) is 1. The van der Waals surface area contributed by atoms with Crippen LogP contribution in [0.25, 0.3) is 0 Å². The zero-order valence-electron chi connectivity index (χ0n) is 10.0. The third-order valence-electron chi connectivity index (χ3n) is 2.09. The van der Waals surface area contributed by atoms with Gasteiger partial charge in [0.1, 0.15) is 0 Å². The van der Waals surface area contributed by atoms with E-state index in [4.69, 9.17) is 5.11 Å². The van der Waals surface area contributed by atoms with Crippen LogP contribution in [0.15, 0.2) is 24.3 Å². The molecular weight excluding hydrogens is 256 g/mol. The lowest BCUT2D eigenvalue weighted by Crippen LogP contribution is -2.22. The summed E-state index contributed by atoms with van der Waals surface area (Å²) < 4.78 is 25.1. The van der Waals surface area contributed by atoms with Gasteiger partial charge in [0, 0.05) is 12.2 Å². The predicted octanol–water partition coefficient (Wildman–Crippen LogP) is 0.622. The van der Waals surface area contributed by atoms with Crippen LogP contribution in [0.3, 0.4) is 0 Å². The molecule has 0 fully saturated rings. The minimum Gasteiger partial charge on any atom is -0.480 e. The van der Waals surface area contributed by atoms with E-state index in [1.807, 2.05) is 13.0 Å².